The second kappa shape index (κ2) is 6.82. The molecule has 0 unspecified atom stereocenters. The summed E-state index contributed by atoms with van der Waals surface area (Å²) in [7, 11) is 0. The van der Waals surface area contributed by atoms with Crippen molar-refractivity contribution in [2.24, 2.45) is 0 Å². The average Bonchev–Trinajstić information content (AvgIpc) is 3.09. The Labute approximate surface area is 147 Å². The highest BCUT2D eigenvalue weighted by atomic mass is 16.6. The van der Waals surface area contributed by atoms with Crippen LogP contribution in [0.25, 0.3) is 11.4 Å². The zero-order valence-electron chi connectivity index (χ0n) is 13.6. The number of amides is 1. The van der Waals surface area contributed by atoms with Gasteiger partial charge < -0.3 is 0 Å². The van der Waals surface area contributed by atoms with Crippen LogP contribution in [0, 0.1) is 28.4 Å². The largest absolute Gasteiger partial charge is 0.289 e. The Morgan fingerprint density at radius 2 is 2.00 bits per heavy atom. The van der Waals surface area contributed by atoms with E-state index in [0.717, 1.165) is 0 Å². The third-order valence-corrected chi connectivity index (χ3v) is 3.66. The lowest BCUT2D eigenvalue weighted by Gasteiger charge is -2.02. The number of hydrogen-bond donors (Lipinski definition) is 2. The number of H-pyrrole nitrogens is 1. The van der Waals surface area contributed by atoms with E-state index in [9.17, 15) is 14.9 Å². The highest BCUT2D eigenvalue weighted by Gasteiger charge is 2.21. The third kappa shape index (κ3) is 3.25. The van der Waals surface area contributed by atoms with Gasteiger partial charge in [-0.3, -0.25) is 25.3 Å². The van der Waals surface area contributed by atoms with Gasteiger partial charge in [0, 0.05) is 11.1 Å². The number of carbonyl (C=O) groups excluding carboxylic acids is 1. The number of hydrogen-bond acceptors (Lipinski definition) is 6. The zero-order valence-corrected chi connectivity index (χ0v) is 13.6. The van der Waals surface area contributed by atoms with E-state index in [0.29, 0.717) is 16.7 Å². The first-order valence-electron chi connectivity index (χ1n) is 7.48. The fraction of sp³-hybridized carbons (Fsp3) is 0.0588. The molecule has 2 aromatic carbocycles. The average molecular weight is 348 g/mol. The van der Waals surface area contributed by atoms with E-state index in [1.165, 1.54) is 24.3 Å². The lowest BCUT2D eigenvalue weighted by atomic mass is 10.1. The van der Waals surface area contributed by atoms with Gasteiger partial charge in [0.15, 0.2) is 5.82 Å². The van der Waals surface area contributed by atoms with E-state index in [-0.39, 0.29) is 23.0 Å². The number of rotatable bonds is 4. The van der Waals surface area contributed by atoms with Gasteiger partial charge in [-0.2, -0.15) is 10.2 Å². The molecular weight excluding hydrogens is 336 g/mol. The van der Waals surface area contributed by atoms with E-state index in [2.05, 4.69) is 20.5 Å². The van der Waals surface area contributed by atoms with Crippen molar-refractivity contribution in [2.75, 3.05) is 5.32 Å². The number of aromatic nitrogens is 3. The van der Waals surface area contributed by atoms with Crippen LogP contribution in [0.1, 0.15) is 21.5 Å². The first-order chi connectivity index (χ1) is 12.5. The second-order valence-corrected chi connectivity index (χ2v) is 5.38. The summed E-state index contributed by atoms with van der Waals surface area (Å²) >= 11 is 0. The normalized spacial score (nSPS) is 10.2. The molecule has 0 fully saturated rings. The van der Waals surface area contributed by atoms with Crippen LogP contribution >= 0.6 is 0 Å². The number of nitro groups is 1. The highest BCUT2D eigenvalue weighted by molar-refractivity contribution is 6.03. The molecule has 1 amide bonds. The van der Waals surface area contributed by atoms with Crippen molar-refractivity contribution in [3.8, 4) is 17.5 Å². The number of aromatic amines is 1. The number of nitrogens with zero attached hydrogens (tertiary/aromatic N) is 4. The summed E-state index contributed by atoms with van der Waals surface area (Å²) in [6.07, 6.45) is 0. The predicted octanol–water partition coefficient (Wildman–Crippen LogP) is 2.81. The first kappa shape index (κ1) is 16.8. The molecule has 128 valence electrons. The molecule has 0 atom stereocenters. The summed E-state index contributed by atoms with van der Waals surface area (Å²) in [4.78, 5) is 27.1. The molecular formula is C17H12N6O3. The molecule has 0 aliphatic heterocycles. The maximum atomic E-state index is 12.2. The molecule has 1 heterocycles. The number of nitrogens with one attached hydrogen (secondary N) is 2. The molecule has 0 bridgehead atoms. The van der Waals surface area contributed by atoms with E-state index < -0.39 is 10.8 Å². The van der Waals surface area contributed by atoms with Crippen molar-refractivity contribution in [3.05, 3.63) is 69.3 Å². The van der Waals surface area contributed by atoms with Gasteiger partial charge in [0.1, 0.15) is 0 Å². The van der Waals surface area contributed by atoms with Crippen molar-refractivity contribution >= 4 is 17.5 Å². The summed E-state index contributed by atoms with van der Waals surface area (Å²) < 4.78 is 0. The van der Waals surface area contributed by atoms with Crippen LogP contribution in [0.3, 0.4) is 0 Å². The fourth-order valence-corrected chi connectivity index (χ4v) is 2.40. The number of nitriles is 1. The van der Waals surface area contributed by atoms with Gasteiger partial charge in [-0.05, 0) is 37.3 Å². The summed E-state index contributed by atoms with van der Waals surface area (Å²) in [5.74, 6) is -0.292. The van der Waals surface area contributed by atoms with Crippen LogP contribution in [-0.4, -0.2) is 26.0 Å². The van der Waals surface area contributed by atoms with Crippen LogP contribution in [-0.2, 0) is 0 Å². The molecule has 0 spiro atoms. The van der Waals surface area contributed by atoms with Crippen LogP contribution in [0.4, 0.5) is 11.6 Å². The van der Waals surface area contributed by atoms with Crippen LogP contribution in [0.15, 0.2) is 42.5 Å². The number of benzene rings is 2. The number of para-hydroxylation sites is 1. The van der Waals surface area contributed by atoms with Crippen LogP contribution in [0.2, 0.25) is 0 Å². The zero-order chi connectivity index (χ0) is 18.7. The predicted molar refractivity (Wildman–Crippen MR) is 92.3 cm³/mol. The number of aryl methyl sites for hydroxylation is 1. The highest BCUT2D eigenvalue weighted by Crippen LogP contribution is 2.30. The van der Waals surface area contributed by atoms with Crippen LogP contribution < -0.4 is 5.32 Å². The first-order valence-corrected chi connectivity index (χ1v) is 7.48. The SMILES string of the molecule is Cc1cccc(-c2nc(NC(=O)c3ccc(C#N)cc3)n[nH]2)c1[N+](=O)[O-]. The monoisotopic (exact) mass is 348 g/mol. The topological polar surface area (TPSA) is 138 Å². The molecule has 0 aliphatic rings. The number of anilines is 1. The molecule has 26 heavy (non-hydrogen) atoms. The van der Waals surface area contributed by atoms with E-state index in [1.807, 2.05) is 6.07 Å². The molecule has 0 aliphatic carbocycles. The Morgan fingerprint density at radius 3 is 2.65 bits per heavy atom. The summed E-state index contributed by atoms with van der Waals surface area (Å²) in [5, 5.41) is 29.0. The van der Waals surface area contributed by atoms with E-state index >= 15 is 0 Å². The van der Waals surface area contributed by atoms with E-state index in [4.69, 9.17) is 5.26 Å². The minimum Gasteiger partial charge on any atom is -0.289 e. The Kier molecular flexibility index (Phi) is 4.40. The van der Waals surface area contributed by atoms with Gasteiger partial charge in [0.2, 0.25) is 5.95 Å². The van der Waals surface area contributed by atoms with Crippen molar-refractivity contribution in [3.63, 3.8) is 0 Å². The fourth-order valence-electron chi connectivity index (χ4n) is 2.40. The standard InChI is InChI=1S/C17H12N6O3/c1-10-3-2-4-13(14(10)23(25)26)15-19-17(22-21-15)20-16(24)12-7-5-11(9-18)6-8-12/h2-8H,1H3,(H2,19,20,21,22,24). The maximum Gasteiger partial charge on any atom is 0.283 e. The van der Waals surface area contributed by atoms with Gasteiger partial charge >= 0.3 is 0 Å². The number of nitro benzene ring substituents is 1. The molecule has 3 aromatic rings. The Balaban J connectivity index is 1.85. The summed E-state index contributed by atoms with van der Waals surface area (Å²) in [5.41, 5.74) is 1.47. The van der Waals surface area contributed by atoms with Gasteiger partial charge in [-0.25, -0.2) is 0 Å². The van der Waals surface area contributed by atoms with Gasteiger partial charge in [-0.15, -0.1) is 5.10 Å². The quantitative estimate of drug-likeness (QED) is 0.549. The molecule has 1 aromatic heterocycles. The van der Waals surface area contributed by atoms with Gasteiger partial charge in [0.05, 0.1) is 22.1 Å². The Morgan fingerprint density at radius 1 is 1.27 bits per heavy atom. The molecule has 3 rings (SSSR count). The van der Waals surface area contributed by atoms with Crippen molar-refractivity contribution in [2.45, 2.75) is 6.92 Å². The summed E-state index contributed by atoms with van der Waals surface area (Å²) in [6, 6.07) is 12.9. The summed E-state index contributed by atoms with van der Waals surface area (Å²) in [6.45, 7) is 1.63. The van der Waals surface area contributed by atoms with E-state index in [1.54, 1.807) is 25.1 Å². The molecule has 9 nitrogen and oxygen atoms in total. The molecule has 9 heteroatoms. The van der Waals surface area contributed by atoms with Crippen molar-refractivity contribution in [1.29, 1.82) is 5.26 Å². The molecule has 0 saturated heterocycles. The molecule has 0 radical (unpaired) electrons. The lowest BCUT2D eigenvalue weighted by Crippen LogP contribution is -2.12. The second-order valence-electron chi connectivity index (χ2n) is 5.38. The smallest absolute Gasteiger partial charge is 0.283 e. The van der Waals surface area contributed by atoms with Crippen molar-refractivity contribution in [1.82, 2.24) is 15.2 Å². The third-order valence-electron chi connectivity index (χ3n) is 3.66. The molecule has 0 saturated carbocycles. The maximum absolute atomic E-state index is 12.2. The molecule has 2 N–H and O–H groups in total. The van der Waals surface area contributed by atoms with Crippen molar-refractivity contribution < 1.29 is 9.72 Å². The minimum absolute atomic E-state index is 0.00911. The lowest BCUT2D eigenvalue weighted by molar-refractivity contribution is -0.384. The van der Waals surface area contributed by atoms with Gasteiger partial charge in [0.25, 0.3) is 11.6 Å². The number of carbonyl (C=O) groups is 1. The Bertz CT molecular complexity index is 1030. The Hall–Kier alpha value is -4.06. The minimum atomic E-state index is -0.484. The van der Waals surface area contributed by atoms with Crippen LogP contribution in [0.5, 0.6) is 0 Å². The van der Waals surface area contributed by atoms with Gasteiger partial charge in [-0.1, -0.05) is 12.1 Å².